The molecule has 0 saturated heterocycles. The molecule has 1 aromatic carbocycles. The highest BCUT2D eigenvalue weighted by molar-refractivity contribution is 5.62. The lowest BCUT2D eigenvalue weighted by molar-refractivity contribution is 0.133. The lowest BCUT2D eigenvalue weighted by atomic mass is 9.82. The topological polar surface area (TPSA) is 42.4 Å². The maximum Gasteiger partial charge on any atom is 0.225 e. The number of fused-ring (bicyclic) bond motifs is 1. The molecular formula is C23H26FN3O. The molecule has 4 rings (SSSR count). The maximum absolute atomic E-state index is 14.8. The molecule has 5 heteroatoms. The number of aryl methyl sites for hydroxylation is 1. The second kappa shape index (κ2) is 6.86. The van der Waals surface area contributed by atoms with E-state index in [1.807, 2.05) is 17.7 Å². The van der Waals surface area contributed by atoms with E-state index in [-0.39, 0.29) is 23.1 Å². The molecule has 0 spiro atoms. The smallest absolute Gasteiger partial charge is 0.225 e. The molecule has 2 aromatic rings. The van der Waals surface area contributed by atoms with Crippen LogP contribution in [0.25, 0.3) is 16.6 Å². The molecule has 2 aliphatic rings. The molecule has 1 heterocycles. The van der Waals surface area contributed by atoms with Crippen LogP contribution in [0.5, 0.6) is 0 Å². The summed E-state index contributed by atoms with van der Waals surface area (Å²) in [6.45, 7) is 13.7. The van der Waals surface area contributed by atoms with Crippen molar-refractivity contribution in [3.8, 4) is 5.69 Å². The minimum Gasteiger partial charge on any atom is -0.393 e. The third-order valence-electron chi connectivity index (χ3n) is 6.12. The van der Waals surface area contributed by atoms with Crippen LogP contribution in [0.3, 0.4) is 0 Å². The van der Waals surface area contributed by atoms with E-state index in [0.29, 0.717) is 17.7 Å². The van der Waals surface area contributed by atoms with Crippen LogP contribution in [0.15, 0.2) is 18.2 Å². The number of hydrogen-bond donors (Lipinski definition) is 1. The van der Waals surface area contributed by atoms with Crippen LogP contribution in [-0.4, -0.2) is 21.0 Å². The summed E-state index contributed by atoms with van der Waals surface area (Å²) in [6, 6.07) is 3.31. The van der Waals surface area contributed by atoms with Crippen molar-refractivity contribution in [1.29, 1.82) is 0 Å². The first-order valence-corrected chi connectivity index (χ1v) is 9.95. The van der Waals surface area contributed by atoms with Gasteiger partial charge in [-0.05, 0) is 61.6 Å². The molecule has 0 unspecified atom stereocenters. The van der Waals surface area contributed by atoms with Crippen LogP contribution >= 0.6 is 0 Å². The van der Waals surface area contributed by atoms with Crippen LogP contribution in [0.4, 0.5) is 10.1 Å². The fourth-order valence-electron chi connectivity index (χ4n) is 4.57. The van der Waals surface area contributed by atoms with Gasteiger partial charge in [0.25, 0.3) is 0 Å². The third-order valence-corrected chi connectivity index (χ3v) is 6.12. The summed E-state index contributed by atoms with van der Waals surface area (Å²) in [6.07, 6.45) is 7.97. The highest BCUT2D eigenvalue weighted by atomic mass is 19.1. The van der Waals surface area contributed by atoms with Gasteiger partial charge in [0.1, 0.15) is 5.82 Å². The van der Waals surface area contributed by atoms with Crippen LogP contribution in [0.2, 0.25) is 0 Å². The van der Waals surface area contributed by atoms with Gasteiger partial charge < -0.3 is 5.11 Å². The number of halogens is 1. The largest absolute Gasteiger partial charge is 0.393 e. The Morgan fingerprint density at radius 3 is 2.82 bits per heavy atom. The SMILES string of the molecule is [C-]#[N+]c1c(F)cc(-n2nc(C)c3c2CC(C)(C)C=C3)cc1C[C@H]1CCC[C@@H]1O. The molecule has 28 heavy (non-hydrogen) atoms. The Morgan fingerprint density at radius 1 is 1.36 bits per heavy atom. The second-order valence-corrected chi connectivity index (χ2v) is 8.87. The average Bonchev–Trinajstić information content (AvgIpc) is 3.17. The number of benzene rings is 1. The van der Waals surface area contributed by atoms with E-state index in [9.17, 15) is 9.50 Å². The van der Waals surface area contributed by atoms with Gasteiger partial charge in [-0.25, -0.2) is 13.9 Å². The number of rotatable bonds is 3. The Kier molecular flexibility index (Phi) is 4.63. The van der Waals surface area contributed by atoms with Gasteiger partial charge >= 0.3 is 0 Å². The van der Waals surface area contributed by atoms with Crippen molar-refractivity contribution in [1.82, 2.24) is 9.78 Å². The third kappa shape index (κ3) is 3.27. The van der Waals surface area contributed by atoms with Gasteiger partial charge in [-0.3, -0.25) is 0 Å². The molecule has 0 aliphatic heterocycles. The molecule has 4 nitrogen and oxygen atoms in total. The quantitative estimate of drug-likeness (QED) is 0.748. The summed E-state index contributed by atoms with van der Waals surface area (Å²) in [5, 5.41) is 14.9. The van der Waals surface area contributed by atoms with Crippen LogP contribution in [0.1, 0.15) is 55.6 Å². The molecule has 0 radical (unpaired) electrons. The van der Waals surface area contributed by atoms with E-state index in [4.69, 9.17) is 6.57 Å². The number of aliphatic hydroxyl groups is 1. The Hall–Kier alpha value is -2.45. The van der Waals surface area contributed by atoms with Crippen molar-refractivity contribution in [2.45, 2.75) is 59.0 Å². The highest BCUT2D eigenvalue weighted by Gasteiger charge is 2.29. The number of allylic oxidation sites excluding steroid dienone is 1. The number of nitrogens with zero attached hydrogens (tertiary/aromatic N) is 3. The Morgan fingerprint density at radius 2 is 2.14 bits per heavy atom. The van der Waals surface area contributed by atoms with Gasteiger partial charge in [-0.1, -0.05) is 32.4 Å². The second-order valence-electron chi connectivity index (χ2n) is 8.87. The standard InChI is InChI=1S/C23H26FN3O/c1-14-18-8-9-23(2,3)13-20(18)27(26-14)17-11-16(22(25-4)19(24)12-17)10-15-6-5-7-21(15)28/h8-9,11-12,15,21,28H,5-7,10,13H2,1-3H3/t15-,21+/m1/s1. The first kappa shape index (κ1) is 18.9. The fourth-order valence-corrected chi connectivity index (χ4v) is 4.57. The monoisotopic (exact) mass is 379 g/mol. The van der Waals surface area contributed by atoms with E-state index >= 15 is 0 Å². The molecule has 0 bridgehead atoms. The lowest BCUT2D eigenvalue weighted by Crippen LogP contribution is -2.19. The predicted molar refractivity (Wildman–Crippen MR) is 108 cm³/mol. The Labute approximate surface area is 165 Å². The van der Waals surface area contributed by atoms with Crippen molar-refractivity contribution >= 4 is 11.8 Å². The summed E-state index contributed by atoms with van der Waals surface area (Å²) >= 11 is 0. The van der Waals surface area contributed by atoms with Crippen LogP contribution in [-0.2, 0) is 12.8 Å². The van der Waals surface area contributed by atoms with Crippen LogP contribution in [0, 0.1) is 30.6 Å². The number of aromatic nitrogens is 2. The summed E-state index contributed by atoms with van der Waals surface area (Å²) in [5.41, 5.74) is 4.51. The van der Waals surface area contributed by atoms with Crippen molar-refractivity contribution in [3.63, 3.8) is 0 Å². The Bertz CT molecular complexity index is 996. The molecule has 1 saturated carbocycles. The molecule has 0 amide bonds. The predicted octanol–water partition coefficient (Wildman–Crippen LogP) is 5.17. The van der Waals surface area contributed by atoms with Crippen molar-refractivity contribution in [2.24, 2.45) is 11.3 Å². The van der Waals surface area contributed by atoms with Gasteiger partial charge in [0, 0.05) is 5.56 Å². The summed E-state index contributed by atoms with van der Waals surface area (Å²) in [4.78, 5) is 3.44. The first-order chi connectivity index (χ1) is 13.3. The number of hydrogen-bond acceptors (Lipinski definition) is 2. The fraction of sp³-hybridized carbons (Fsp3) is 0.478. The number of aliphatic hydroxyl groups excluding tert-OH is 1. The molecule has 2 atom stereocenters. The first-order valence-electron chi connectivity index (χ1n) is 9.95. The highest BCUT2D eigenvalue weighted by Crippen LogP contribution is 2.37. The zero-order valence-corrected chi connectivity index (χ0v) is 16.7. The summed E-state index contributed by atoms with van der Waals surface area (Å²) in [7, 11) is 0. The summed E-state index contributed by atoms with van der Waals surface area (Å²) in [5.74, 6) is -0.423. The molecule has 146 valence electrons. The van der Waals surface area contributed by atoms with Crippen molar-refractivity contribution < 1.29 is 9.50 Å². The maximum atomic E-state index is 14.8. The molecule has 1 aromatic heterocycles. The van der Waals surface area contributed by atoms with Gasteiger partial charge in [-0.15, -0.1) is 0 Å². The molecule has 1 fully saturated rings. The minimum atomic E-state index is -0.512. The van der Waals surface area contributed by atoms with E-state index in [0.717, 1.165) is 42.6 Å². The molecule has 2 aliphatic carbocycles. The Balaban J connectivity index is 1.80. The van der Waals surface area contributed by atoms with E-state index in [1.165, 1.54) is 6.07 Å². The zero-order valence-electron chi connectivity index (χ0n) is 16.7. The van der Waals surface area contributed by atoms with Gasteiger partial charge in [-0.2, -0.15) is 5.10 Å². The average molecular weight is 379 g/mol. The van der Waals surface area contributed by atoms with Gasteiger partial charge in [0.15, 0.2) is 0 Å². The molecular weight excluding hydrogens is 353 g/mol. The lowest BCUT2D eigenvalue weighted by Gasteiger charge is -2.25. The summed E-state index contributed by atoms with van der Waals surface area (Å²) < 4.78 is 16.7. The normalized spacial score (nSPS) is 22.9. The van der Waals surface area contributed by atoms with E-state index in [1.54, 1.807) is 0 Å². The van der Waals surface area contributed by atoms with E-state index < -0.39 is 5.82 Å². The van der Waals surface area contributed by atoms with Crippen LogP contribution < -0.4 is 0 Å². The zero-order chi connectivity index (χ0) is 20.1. The van der Waals surface area contributed by atoms with Gasteiger partial charge in [0.05, 0.1) is 29.8 Å². The van der Waals surface area contributed by atoms with Crippen molar-refractivity contribution in [3.05, 3.63) is 58.0 Å². The molecule has 1 N–H and O–H groups in total. The minimum absolute atomic E-state index is 0.0169. The van der Waals surface area contributed by atoms with Gasteiger partial charge in [0.2, 0.25) is 5.69 Å². The van der Waals surface area contributed by atoms with Crippen molar-refractivity contribution in [2.75, 3.05) is 0 Å². The van der Waals surface area contributed by atoms with E-state index in [2.05, 4.69) is 35.9 Å².